The van der Waals surface area contributed by atoms with E-state index in [2.05, 4.69) is 4.90 Å². The standard InChI is InChI=1S/C18H26N2O3/c1-23-14-7-5-13(6-8-14)17-15-4-2-3-9-18(15,22)10-11-20(17)12-16(19)21/h5-8,15,17,22H,2-4,9-12H2,1H3,(H2,19,21)/t15-,17+,18+/m1/s1. The Morgan fingerprint density at radius 2 is 2.09 bits per heavy atom. The Bertz CT molecular complexity index is 560. The van der Waals surface area contributed by atoms with E-state index in [1.54, 1.807) is 7.11 Å². The Morgan fingerprint density at radius 1 is 1.35 bits per heavy atom. The van der Waals surface area contributed by atoms with Crippen LogP contribution in [0.15, 0.2) is 24.3 Å². The fourth-order valence-corrected chi connectivity index (χ4v) is 4.36. The summed E-state index contributed by atoms with van der Waals surface area (Å²) in [6, 6.07) is 7.99. The van der Waals surface area contributed by atoms with Crippen molar-refractivity contribution >= 4 is 5.91 Å². The van der Waals surface area contributed by atoms with Crippen molar-refractivity contribution in [1.82, 2.24) is 4.90 Å². The number of piperidine rings is 1. The Balaban J connectivity index is 1.94. The van der Waals surface area contributed by atoms with Crippen molar-refractivity contribution in [2.24, 2.45) is 11.7 Å². The lowest BCUT2D eigenvalue weighted by Gasteiger charge is -2.52. The third kappa shape index (κ3) is 3.21. The smallest absolute Gasteiger partial charge is 0.231 e. The molecule has 0 aromatic heterocycles. The van der Waals surface area contributed by atoms with Gasteiger partial charge in [0.15, 0.2) is 0 Å². The number of rotatable bonds is 4. The lowest BCUT2D eigenvalue weighted by Crippen LogP contribution is -2.56. The van der Waals surface area contributed by atoms with Crippen molar-refractivity contribution in [3.63, 3.8) is 0 Å². The number of methoxy groups -OCH3 is 1. The number of ether oxygens (including phenoxy) is 1. The molecule has 0 unspecified atom stereocenters. The van der Waals surface area contributed by atoms with Gasteiger partial charge in [-0.1, -0.05) is 25.0 Å². The molecule has 1 heterocycles. The highest BCUT2D eigenvalue weighted by Gasteiger charge is 2.49. The molecule has 23 heavy (non-hydrogen) atoms. The second-order valence-corrected chi connectivity index (χ2v) is 6.86. The zero-order valence-corrected chi connectivity index (χ0v) is 13.7. The maximum absolute atomic E-state index is 11.5. The molecule has 5 nitrogen and oxygen atoms in total. The van der Waals surface area contributed by atoms with Crippen molar-refractivity contribution < 1.29 is 14.6 Å². The number of fused-ring (bicyclic) bond motifs is 1. The second kappa shape index (κ2) is 6.49. The number of nitrogens with two attached hydrogens (primary N) is 1. The van der Waals surface area contributed by atoms with E-state index in [-0.39, 0.29) is 24.4 Å². The van der Waals surface area contributed by atoms with Crippen LogP contribution in [0.2, 0.25) is 0 Å². The second-order valence-electron chi connectivity index (χ2n) is 6.86. The fourth-order valence-electron chi connectivity index (χ4n) is 4.36. The summed E-state index contributed by atoms with van der Waals surface area (Å²) in [5.74, 6) is 0.646. The average molecular weight is 318 g/mol. The minimum atomic E-state index is -0.614. The zero-order valence-electron chi connectivity index (χ0n) is 13.7. The van der Waals surface area contributed by atoms with Crippen LogP contribution in [-0.2, 0) is 4.79 Å². The Kier molecular flexibility index (Phi) is 4.60. The van der Waals surface area contributed by atoms with Gasteiger partial charge >= 0.3 is 0 Å². The van der Waals surface area contributed by atoms with Crippen molar-refractivity contribution in [2.75, 3.05) is 20.2 Å². The molecule has 1 saturated carbocycles. The molecule has 0 bridgehead atoms. The number of nitrogens with zero attached hydrogens (tertiary/aromatic N) is 1. The SMILES string of the molecule is COc1ccc([C@H]2[C@H]3CCCC[C@]3(O)CCN2CC(N)=O)cc1. The quantitative estimate of drug-likeness (QED) is 0.888. The van der Waals surface area contributed by atoms with Crippen LogP contribution in [-0.4, -0.2) is 41.7 Å². The van der Waals surface area contributed by atoms with Crippen molar-refractivity contribution in [3.05, 3.63) is 29.8 Å². The molecule has 1 aromatic rings. The van der Waals surface area contributed by atoms with Crippen LogP contribution in [0, 0.1) is 5.92 Å². The van der Waals surface area contributed by atoms with Gasteiger partial charge in [-0.2, -0.15) is 0 Å². The van der Waals surface area contributed by atoms with Gasteiger partial charge in [0.05, 0.1) is 19.3 Å². The molecule has 1 amide bonds. The first-order valence-electron chi connectivity index (χ1n) is 8.42. The lowest BCUT2D eigenvalue weighted by atomic mass is 9.66. The molecular weight excluding hydrogens is 292 g/mol. The summed E-state index contributed by atoms with van der Waals surface area (Å²) in [6.45, 7) is 0.940. The van der Waals surface area contributed by atoms with Gasteiger partial charge in [-0.05, 0) is 37.0 Å². The van der Waals surface area contributed by atoms with E-state index in [4.69, 9.17) is 10.5 Å². The molecule has 3 N–H and O–H groups in total. The normalized spacial score (nSPS) is 31.4. The molecule has 126 valence electrons. The van der Waals surface area contributed by atoms with Gasteiger partial charge in [-0.15, -0.1) is 0 Å². The van der Waals surface area contributed by atoms with Crippen LogP contribution in [0.5, 0.6) is 5.75 Å². The summed E-state index contributed by atoms with van der Waals surface area (Å²) >= 11 is 0. The summed E-state index contributed by atoms with van der Waals surface area (Å²) < 4.78 is 5.24. The molecule has 1 aliphatic carbocycles. The van der Waals surface area contributed by atoms with Crippen LogP contribution in [0.25, 0.3) is 0 Å². The van der Waals surface area contributed by atoms with Crippen molar-refractivity contribution in [3.8, 4) is 5.75 Å². The molecular formula is C18H26N2O3. The fraction of sp³-hybridized carbons (Fsp3) is 0.611. The topological polar surface area (TPSA) is 75.8 Å². The average Bonchev–Trinajstić information content (AvgIpc) is 2.54. The molecule has 5 heteroatoms. The first-order valence-corrected chi connectivity index (χ1v) is 8.42. The van der Waals surface area contributed by atoms with Crippen LogP contribution in [0.1, 0.15) is 43.7 Å². The van der Waals surface area contributed by atoms with Crippen molar-refractivity contribution in [1.29, 1.82) is 0 Å². The number of hydrogen-bond donors (Lipinski definition) is 2. The Hall–Kier alpha value is -1.59. The highest BCUT2D eigenvalue weighted by molar-refractivity contribution is 5.76. The number of primary amides is 1. The lowest BCUT2D eigenvalue weighted by molar-refractivity contribution is -0.136. The number of benzene rings is 1. The van der Waals surface area contributed by atoms with E-state index in [0.717, 1.165) is 43.4 Å². The van der Waals surface area contributed by atoms with Crippen LogP contribution in [0.3, 0.4) is 0 Å². The summed E-state index contributed by atoms with van der Waals surface area (Å²) in [5, 5.41) is 11.1. The Morgan fingerprint density at radius 3 is 2.74 bits per heavy atom. The van der Waals surface area contributed by atoms with Gasteiger partial charge in [-0.3, -0.25) is 9.69 Å². The first kappa shape index (κ1) is 16.3. The molecule has 1 aliphatic heterocycles. The van der Waals surface area contributed by atoms with Gasteiger partial charge in [0.1, 0.15) is 5.75 Å². The number of amides is 1. The summed E-state index contributed by atoms with van der Waals surface area (Å²) in [5.41, 5.74) is 5.96. The van der Waals surface area contributed by atoms with E-state index in [0.29, 0.717) is 6.54 Å². The van der Waals surface area contributed by atoms with E-state index < -0.39 is 5.60 Å². The molecule has 0 spiro atoms. The molecule has 1 saturated heterocycles. The van der Waals surface area contributed by atoms with E-state index in [1.807, 2.05) is 24.3 Å². The highest BCUT2D eigenvalue weighted by Crippen LogP contribution is 2.49. The van der Waals surface area contributed by atoms with Crippen LogP contribution >= 0.6 is 0 Å². The van der Waals surface area contributed by atoms with E-state index in [9.17, 15) is 9.90 Å². The zero-order chi connectivity index (χ0) is 16.4. The molecule has 2 fully saturated rings. The van der Waals surface area contributed by atoms with Crippen molar-refractivity contribution in [2.45, 2.75) is 43.7 Å². The maximum Gasteiger partial charge on any atom is 0.231 e. The summed E-state index contributed by atoms with van der Waals surface area (Å²) in [6.07, 6.45) is 4.77. The third-order valence-electron chi connectivity index (χ3n) is 5.49. The molecule has 2 aliphatic rings. The largest absolute Gasteiger partial charge is 0.497 e. The van der Waals surface area contributed by atoms with Gasteiger partial charge in [0.25, 0.3) is 0 Å². The van der Waals surface area contributed by atoms with E-state index in [1.165, 1.54) is 0 Å². The number of carbonyl (C=O) groups is 1. The minimum Gasteiger partial charge on any atom is -0.497 e. The van der Waals surface area contributed by atoms with Crippen LogP contribution < -0.4 is 10.5 Å². The number of aliphatic hydroxyl groups is 1. The number of carbonyl (C=O) groups excluding carboxylic acids is 1. The highest BCUT2D eigenvalue weighted by atomic mass is 16.5. The minimum absolute atomic E-state index is 0.0347. The number of hydrogen-bond acceptors (Lipinski definition) is 4. The first-order chi connectivity index (χ1) is 11.0. The van der Waals surface area contributed by atoms with Gasteiger partial charge < -0.3 is 15.6 Å². The molecule has 3 atom stereocenters. The third-order valence-corrected chi connectivity index (χ3v) is 5.49. The molecule has 1 aromatic carbocycles. The molecule has 3 rings (SSSR count). The van der Waals surface area contributed by atoms with E-state index >= 15 is 0 Å². The maximum atomic E-state index is 11.5. The predicted molar refractivity (Wildman–Crippen MR) is 88.0 cm³/mol. The molecule has 0 radical (unpaired) electrons. The van der Waals surface area contributed by atoms with Crippen LogP contribution in [0.4, 0.5) is 0 Å². The monoisotopic (exact) mass is 318 g/mol. The summed E-state index contributed by atoms with van der Waals surface area (Å²) in [4.78, 5) is 13.6. The Labute approximate surface area is 137 Å². The predicted octanol–water partition coefficient (Wildman–Crippen LogP) is 1.85. The number of likely N-dealkylation sites (tertiary alicyclic amines) is 1. The van der Waals surface area contributed by atoms with Gasteiger partial charge in [0, 0.05) is 18.5 Å². The summed E-state index contributed by atoms with van der Waals surface area (Å²) in [7, 11) is 1.65. The van der Waals surface area contributed by atoms with Gasteiger partial charge in [-0.25, -0.2) is 0 Å². The van der Waals surface area contributed by atoms with Gasteiger partial charge in [0.2, 0.25) is 5.91 Å².